The van der Waals surface area contributed by atoms with Crippen molar-refractivity contribution in [2.75, 3.05) is 27.2 Å². The van der Waals surface area contributed by atoms with E-state index in [1.54, 1.807) is 0 Å². The van der Waals surface area contributed by atoms with Crippen molar-refractivity contribution < 1.29 is 4.74 Å². The van der Waals surface area contributed by atoms with E-state index in [0.717, 1.165) is 42.1 Å². The lowest BCUT2D eigenvalue weighted by molar-refractivity contribution is 0.340. The molecule has 0 atom stereocenters. The molecule has 1 aromatic carbocycles. The Morgan fingerprint density at radius 2 is 2.15 bits per heavy atom. The van der Waals surface area contributed by atoms with Gasteiger partial charge in [0, 0.05) is 12.6 Å². The lowest BCUT2D eigenvalue weighted by Gasteiger charge is -2.12. The second-order valence-electron chi connectivity index (χ2n) is 5.14. The number of imidazole rings is 1. The van der Waals surface area contributed by atoms with Crippen LogP contribution < -0.4 is 10.5 Å². The maximum atomic E-state index is 5.64. The van der Waals surface area contributed by atoms with Crippen molar-refractivity contribution >= 4 is 11.0 Å². The molecule has 0 fully saturated rings. The fourth-order valence-corrected chi connectivity index (χ4v) is 2.32. The number of fused-ring (bicyclic) bond motifs is 1. The standard InChI is InChI=1S/C15H24N4O/c1-4-20-12-6-7-14-13(10-12)17-15(11-18(2)3)19(14)9-5-8-16/h6-7,10H,4-5,8-9,11,16H2,1-3H3. The third-order valence-electron chi connectivity index (χ3n) is 3.15. The van der Waals surface area contributed by atoms with Crippen LogP contribution in [0.25, 0.3) is 11.0 Å². The molecule has 0 saturated heterocycles. The van der Waals surface area contributed by atoms with Gasteiger partial charge in [0.25, 0.3) is 0 Å². The van der Waals surface area contributed by atoms with Crippen LogP contribution in [0, 0.1) is 0 Å². The molecule has 0 amide bonds. The molecule has 0 aliphatic rings. The normalized spacial score (nSPS) is 11.4. The summed E-state index contributed by atoms with van der Waals surface area (Å²) < 4.78 is 7.81. The lowest BCUT2D eigenvalue weighted by Crippen LogP contribution is -2.16. The van der Waals surface area contributed by atoms with Crippen molar-refractivity contribution in [2.45, 2.75) is 26.4 Å². The van der Waals surface area contributed by atoms with Gasteiger partial charge in [-0.1, -0.05) is 0 Å². The van der Waals surface area contributed by atoms with Crippen molar-refractivity contribution in [3.63, 3.8) is 0 Å². The molecule has 2 aromatic rings. The van der Waals surface area contributed by atoms with Crippen LogP contribution in [0.15, 0.2) is 18.2 Å². The minimum absolute atomic E-state index is 0.671. The Balaban J connectivity index is 2.41. The van der Waals surface area contributed by atoms with Gasteiger partial charge in [-0.15, -0.1) is 0 Å². The minimum Gasteiger partial charge on any atom is -0.494 e. The quantitative estimate of drug-likeness (QED) is 0.838. The zero-order chi connectivity index (χ0) is 14.5. The van der Waals surface area contributed by atoms with Gasteiger partial charge in [-0.05, 0) is 46.1 Å². The van der Waals surface area contributed by atoms with Crippen LogP contribution in [0.3, 0.4) is 0 Å². The van der Waals surface area contributed by atoms with E-state index in [-0.39, 0.29) is 0 Å². The van der Waals surface area contributed by atoms with Gasteiger partial charge in [0.15, 0.2) is 0 Å². The van der Waals surface area contributed by atoms with Crippen LogP contribution in [0.4, 0.5) is 0 Å². The molecule has 0 aliphatic heterocycles. The molecular weight excluding hydrogens is 252 g/mol. The fourth-order valence-electron chi connectivity index (χ4n) is 2.32. The highest BCUT2D eigenvalue weighted by Gasteiger charge is 2.12. The third kappa shape index (κ3) is 3.29. The molecule has 0 spiro atoms. The number of rotatable bonds is 7. The van der Waals surface area contributed by atoms with Crippen molar-refractivity contribution in [1.82, 2.24) is 14.5 Å². The molecule has 5 nitrogen and oxygen atoms in total. The number of aryl methyl sites for hydroxylation is 1. The Bertz CT molecular complexity index is 562. The van der Waals surface area contributed by atoms with Crippen LogP contribution in [0.1, 0.15) is 19.2 Å². The van der Waals surface area contributed by atoms with Crippen molar-refractivity contribution in [3.8, 4) is 5.75 Å². The van der Waals surface area contributed by atoms with Crippen LogP contribution in [0.2, 0.25) is 0 Å². The maximum Gasteiger partial charge on any atom is 0.124 e. The van der Waals surface area contributed by atoms with Gasteiger partial charge in [0.1, 0.15) is 11.6 Å². The maximum absolute atomic E-state index is 5.64. The second-order valence-corrected chi connectivity index (χ2v) is 5.14. The summed E-state index contributed by atoms with van der Waals surface area (Å²) in [6.45, 7) is 5.08. The Morgan fingerprint density at radius 1 is 1.35 bits per heavy atom. The Hall–Kier alpha value is -1.59. The van der Waals surface area contributed by atoms with E-state index in [0.29, 0.717) is 13.2 Å². The molecule has 0 aliphatic carbocycles. The van der Waals surface area contributed by atoms with E-state index in [2.05, 4.69) is 29.6 Å². The predicted octanol–water partition coefficient (Wildman–Crippen LogP) is 1.85. The first-order valence-electron chi connectivity index (χ1n) is 7.12. The van der Waals surface area contributed by atoms with Gasteiger partial charge in [0.2, 0.25) is 0 Å². The first-order valence-corrected chi connectivity index (χ1v) is 7.12. The van der Waals surface area contributed by atoms with Gasteiger partial charge in [0.05, 0.1) is 24.2 Å². The molecule has 2 N–H and O–H groups in total. The van der Waals surface area contributed by atoms with E-state index >= 15 is 0 Å². The topological polar surface area (TPSA) is 56.3 Å². The summed E-state index contributed by atoms with van der Waals surface area (Å²) in [5.41, 5.74) is 7.78. The summed E-state index contributed by atoms with van der Waals surface area (Å²) in [7, 11) is 4.11. The van der Waals surface area contributed by atoms with E-state index in [1.165, 1.54) is 0 Å². The van der Waals surface area contributed by atoms with E-state index in [9.17, 15) is 0 Å². The summed E-state index contributed by atoms with van der Waals surface area (Å²) in [5, 5.41) is 0. The van der Waals surface area contributed by atoms with Gasteiger partial charge < -0.3 is 19.9 Å². The molecule has 110 valence electrons. The molecule has 1 aromatic heterocycles. The number of nitrogens with two attached hydrogens (primary N) is 1. The Kier molecular flexibility index (Phi) is 4.98. The Labute approximate surface area is 120 Å². The monoisotopic (exact) mass is 276 g/mol. The number of aromatic nitrogens is 2. The summed E-state index contributed by atoms with van der Waals surface area (Å²) in [6, 6.07) is 6.10. The molecule has 0 radical (unpaired) electrons. The molecule has 0 saturated carbocycles. The number of hydrogen-bond acceptors (Lipinski definition) is 4. The molecule has 2 rings (SSSR count). The van der Waals surface area contributed by atoms with Gasteiger partial charge >= 0.3 is 0 Å². The lowest BCUT2D eigenvalue weighted by atomic mass is 10.3. The zero-order valence-corrected chi connectivity index (χ0v) is 12.6. The van der Waals surface area contributed by atoms with Crippen molar-refractivity contribution in [3.05, 3.63) is 24.0 Å². The summed E-state index contributed by atoms with van der Waals surface area (Å²) in [4.78, 5) is 6.88. The second kappa shape index (κ2) is 6.72. The molecule has 5 heteroatoms. The van der Waals surface area contributed by atoms with Crippen molar-refractivity contribution in [2.24, 2.45) is 5.73 Å². The summed E-state index contributed by atoms with van der Waals surface area (Å²) in [5.74, 6) is 1.95. The van der Waals surface area contributed by atoms with E-state index in [1.807, 2.05) is 19.1 Å². The first-order chi connectivity index (χ1) is 9.65. The predicted molar refractivity (Wildman–Crippen MR) is 82.0 cm³/mol. The average Bonchev–Trinajstić information content (AvgIpc) is 2.72. The highest BCUT2D eigenvalue weighted by atomic mass is 16.5. The smallest absolute Gasteiger partial charge is 0.124 e. The van der Waals surface area contributed by atoms with Crippen LogP contribution in [0.5, 0.6) is 5.75 Å². The number of hydrogen-bond donors (Lipinski definition) is 1. The number of ether oxygens (including phenoxy) is 1. The van der Waals surface area contributed by atoms with Gasteiger partial charge in [-0.3, -0.25) is 0 Å². The molecule has 0 bridgehead atoms. The number of nitrogens with zero attached hydrogens (tertiary/aromatic N) is 3. The van der Waals surface area contributed by atoms with Gasteiger partial charge in [-0.2, -0.15) is 0 Å². The van der Waals surface area contributed by atoms with Crippen molar-refractivity contribution in [1.29, 1.82) is 0 Å². The number of benzene rings is 1. The van der Waals surface area contributed by atoms with Crippen LogP contribution in [-0.2, 0) is 13.1 Å². The van der Waals surface area contributed by atoms with Crippen LogP contribution >= 0.6 is 0 Å². The largest absolute Gasteiger partial charge is 0.494 e. The molecular formula is C15H24N4O. The van der Waals surface area contributed by atoms with E-state index < -0.39 is 0 Å². The average molecular weight is 276 g/mol. The minimum atomic E-state index is 0.671. The van der Waals surface area contributed by atoms with Crippen LogP contribution in [-0.4, -0.2) is 41.7 Å². The highest BCUT2D eigenvalue weighted by Crippen LogP contribution is 2.23. The zero-order valence-electron chi connectivity index (χ0n) is 12.6. The first kappa shape index (κ1) is 14.8. The fraction of sp³-hybridized carbons (Fsp3) is 0.533. The highest BCUT2D eigenvalue weighted by molar-refractivity contribution is 5.77. The third-order valence-corrected chi connectivity index (χ3v) is 3.15. The molecule has 0 unspecified atom stereocenters. The summed E-state index contributed by atoms with van der Waals surface area (Å²) >= 11 is 0. The SMILES string of the molecule is CCOc1ccc2c(c1)nc(CN(C)C)n2CCCN. The Morgan fingerprint density at radius 3 is 2.80 bits per heavy atom. The molecule has 1 heterocycles. The van der Waals surface area contributed by atoms with E-state index in [4.69, 9.17) is 15.5 Å². The summed E-state index contributed by atoms with van der Waals surface area (Å²) in [6.07, 6.45) is 0.957. The molecule has 20 heavy (non-hydrogen) atoms. The van der Waals surface area contributed by atoms with Gasteiger partial charge in [-0.25, -0.2) is 4.98 Å².